The number of ether oxygens (including phenoxy) is 1. The number of rotatable bonds is 6. The van der Waals surface area contributed by atoms with Gasteiger partial charge in [0.15, 0.2) is 6.61 Å². The summed E-state index contributed by atoms with van der Waals surface area (Å²) in [6.45, 7) is 2.29. The van der Waals surface area contributed by atoms with Gasteiger partial charge in [0.05, 0.1) is 6.42 Å². The number of anilines is 1. The van der Waals surface area contributed by atoms with Crippen molar-refractivity contribution >= 4 is 29.2 Å². The maximum atomic E-state index is 12.2. The molecule has 0 spiro atoms. The summed E-state index contributed by atoms with van der Waals surface area (Å²) in [6.07, 6.45) is 4.36. The third kappa shape index (κ3) is 4.99. The molecule has 8 heteroatoms. The van der Waals surface area contributed by atoms with Crippen LogP contribution in [0.15, 0.2) is 36.0 Å². The molecule has 25 heavy (non-hydrogen) atoms. The van der Waals surface area contributed by atoms with Crippen molar-refractivity contribution in [3.05, 3.63) is 40.8 Å². The monoisotopic (exact) mass is 360 g/mol. The third-order valence-electron chi connectivity index (χ3n) is 3.98. The summed E-state index contributed by atoms with van der Waals surface area (Å²) in [5.74, 6) is 0.186. The number of nitrogens with zero attached hydrogens (tertiary/aromatic N) is 4. The topological polar surface area (TPSA) is 75.6 Å². The number of hydrogen-bond donors (Lipinski definition) is 0. The van der Waals surface area contributed by atoms with E-state index in [2.05, 4.69) is 9.97 Å². The predicted molar refractivity (Wildman–Crippen MR) is 94.4 cm³/mol. The normalized spacial score (nSPS) is 14.4. The molecule has 0 aromatic carbocycles. The molecule has 3 heterocycles. The van der Waals surface area contributed by atoms with Crippen LogP contribution in [0.1, 0.15) is 11.3 Å². The number of piperazine rings is 1. The van der Waals surface area contributed by atoms with Gasteiger partial charge in [0, 0.05) is 43.4 Å². The summed E-state index contributed by atoms with van der Waals surface area (Å²) in [5, 5.41) is 1.98. The summed E-state index contributed by atoms with van der Waals surface area (Å²) in [7, 11) is 0. The molecule has 1 aliphatic heterocycles. The van der Waals surface area contributed by atoms with Gasteiger partial charge in [-0.2, -0.15) is 0 Å². The molecule has 2 aromatic rings. The summed E-state index contributed by atoms with van der Waals surface area (Å²) in [5.41, 5.74) is 0. The van der Waals surface area contributed by atoms with Gasteiger partial charge < -0.3 is 14.5 Å². The Kier molecular flexibility index (Phi) is 5.95. The van der Waals surface area contributed by atoms with Crippen molar-refractivity contribution in [2.24, 2.45) is 0 Å². The van der Waals surface area contributed by atoms with Gasteiger partial charge in [-0.25, -0.2) is 9.97 Å². The molecule has 132 valence electrons. The maximum absolute atomic E-state index is 12.2. The van der Waals surface area contributed by atoms with Crippen LogP contribution in [0.25, 0.3) is 0 Å². The lowest BCUT2D eigenvalue weighted by Crippen LogP contribution is -2.50. The first-order valence-corrected chi connectivity index (χ1v) is 9.08. The Morgan fingerprint density at radius 3 is 2.56 bits per heavy atom. The molecule has 0 radical (unpaired) electrons. The molecule has 2 aromatic heterocycles. The van der Waals surface area contributed by atoms with Gasteiger partial charge in [0.25, 0.3) is 5.91 Å². The van der Waals surface area contributed by atoms with Crippen molar-refractivity contribution < 1.29 is 14.3 Å². The zero-order valence-corrected chi connectivity index (χ0v) is 14.7. The molecule has 1 aliphatic rings. The van der Waals surface area contributed by atoms with Gasteiger partial charge in [-0.05, 0) is 23.9 Å². The smallest absolute Gasteiger partial charge is 0.306 e. The molecule has 0 bridgehead atoms. The number of thiophene rings is 1. The number of esters is 1. The zero-order chi connectivity index (χ0) is 17.5. The maximum Gasteiger partial charge on any atom is 0.306 e. The highest BCUT2D eigenvalue weighted by molar-refractivity contribution is 7.09. The Hall–Kier alpha value is -2.48. The molecule has 7 nitrogen and oxygen atoms in total. The highest BCUT2D eigenvalue weighted by Crippen LogP contribution is 2.12. The molecule has 1 fully saturated rings. The Morgan fingerprint density at radius 2 is 1.88 bits per heavy atom. The average molecular weight is 360 g/mol. The van der Waals surface area contributed by atoms with Gasteiger partial charge in [0.1, 0.15) is 0 Å². The van der Waals surface area contributed by atoms with E-state index >= 15 is 0 Å². The fraction of sp³-hybridized carbons (Fsp3) is 0.412. The lowest BCUT2D eigenvalue weighted by atomic mass is 10.3. The van der Waals surface area contributed by atoms with E-state index in [1.54, 1.807) is 34.7 Å². The van der Waals surface area contributed by atoms with Gasteiger partial charge in [-0.3, -0.25) is 9.59 Å². The van der Waals surface area contributed by atoms with Crippen LogP contribution in [-0.4, -0.2) is 59.5 Å². The van der Waals surface area contributed by atoms with E-state index in [0.717, 1.165) is 4.88 Å². The Bertz CT molecular complexity index is 685. The van der Waals surface area contributed by atoms with Crippen molar-refractivity contribution in [1.82, 2.24) is 14.9 Å². The number of aromatic nitrogens is 2. The molecule has 0 atom stereocenters. The molecule has 0 unspecified atom stereocenters. The third-order valence-corrected chi connectivity index (χ3v) is 4.92. The lowest BCUT2D eigenvalue weighted by molar-refractivity contribution is -0.152. The van der Waals surface area contributed by atoms with Gasteiger partial charge >= 0.3 is 5.97 Å². The predicted octanol–water partition coefficient (Wildman–Crippen LogP) is 1.36. The summed E-state index contributed by atoms with van der Waals surface area (Å²) >= 11 is 1.61. The van der Waals surface area contributed by atoms with E-state index < -0.39 is 0 Å². The Balaban J connectivity index is 1.37. The van der Waals surface area contributed by atoms with E-state index in [-0.39, 0.29) is 18.5 Å². The minimum absolute atomic E-state index is 0.155. The first-order valence-electron chi connectivity index (χ1n) is 8.20. The molecule has 0 aliphatic carbocycles. The first kappa shape index (κ1) is 17.3. The molecule has 0 N–H and O–H groups in total. The van der Waals surface area contributed by atoms with Crippen molar-refractivity contribution in [3.63, 3.8) is 0 Å². The zero-order valence-electron chi connectivity index (χ0n) is 13.8. The summed E-state index contributed by atoms with van der Waals surface area (Å²) in [4.78, 5) is 37.3. The van der Waals surface area contributed by atoms with Crippen LogP contribution in [0.2, 0.25) is 0 Å². The second-order valence-corrected chi connectivity index (χ2v) is 6.69. The van der Waals surface area contributed by atoms with Crippen LogP contribution in [0.4, 0.5) is 5.95 Å². The van der Waals surface area contributed by atoms with E-state index in [4.69, 9.17) is 4.74 Å². The molecule has 1 amide bonds. The van der Waals surface area contributed by atoms with E-state index in [9.17, 15) is 9.59 Å². The van der Waals surface area contributed by atoms with Crippen LogP contribution in [0, 0.1) is 0 Å². The van der Waals surface area contributed by atoms with Gasteiger partial charge in [-0.15, -0.1) is 11.3 Å². The largest absolute Gasteiger partial charge is 0.456 e. The minimum Gasteiger partial charge on any atom is -0.456 e. The number of amides is 1. The highest BCUT2D eigenvalue weighted by atomic mass is 32.1. The minimum atomic E-state index is -0.335. The SMILES string of the molecule is O=C(CCc1cccs1)OCC(=O)N1CCN(c2ncccn2)CC1. The van der Waals surface area contributed by atoms with Gasteiger partial charge in [-0.1, -0.05) is 6.07 Å². The molecule has 3 rings (SSSR count). The second kappa shape index (κ2) is 8.57. The summed E-state index contributed by atoms with van der Waals surface area (Å²) in [6, 6.07) is 5.71. The first-order chi connectivity index (χ1) is 12.2. The average Bonchev–Trinajstić information content (AvgIpc) is 3.19. The molecule has 1 saturated heterocycles. The van der Waals surface area contributed by atoms with Crippen molar-refractivity contribution in [1.29, 1.82) is 0 Å². The van der Waals surface area contributed by atoms with Crippen LogP contribution < -0.4 is 4.90 Å². The molecular weight excluding hydrogens is 340 g/mol. The quantitative estimate of drug-likeness (QED) is 0.724. The van der Waals surface area contributed by atoms with E-state index in [1.165, 1.54) is 0 Å². The number of carbonyl (C=O) groups is 2. The fourth-order valence-corrected chi connectivity index (χ4v) is 3.31. The number of hydrogen-bond acceptors (Lipinski definition) is 7. The van der Waals surface area contributed by atoms with Gasteiger partial charge in [0.2, 0.25) is 5.95 Å². The Morgan fingerprint density at radius 1 is 1.12 bits per heavy atom. The number of aryl methyl sites for hydroxylation is 1. The van der Waals surface area contributed by atoms with Crippen LogP contribution in [-0.2, 0) is 20.7 Å². The van der Waals surface area contributed by atoms with Crippen molar-refractivity contribution in [2.45, 2.75) is 12.8 Å². The number of carbonyl (C=O) groups excluding carboxylic acids is 2. The molecule has 0 saturated carbocycles. The standard InChI is InChI=1S/C17H20N4O3S/c22-15(13-24-16(23)5-4-14-3-1-12-25-14)20-8-10-21(11-9-20)17-18-6-2-7-19-17/h1-3,6-7,12H,4-5,8-11,13H2. The highest BCUT2D eigenvalue weighted by Gasteiger charge is 2.23. The second-order valence-electron chi connectivity index (χ2n) is 5.66. The molecular formula is C17H20N4O3S. The van der Waals surface area contributed by atoms with Crippen LogP contribution in [0.3, 0.4) is 0 Å². The van der Waals surface area contributed by atoms with Crippen LogP contribution >= 0.6 is 11.3 Å². The van der Waals surface area contributed by atoms with Crippen LogP contribution in [0.5, 0.6) is 0 Å². The summed E-state index contributed by atoms with van der Waals surface area (Å²) < 4.78 is 5.10. The van der Waals surface area contributed by atoms with Crippen molar-refractivity contribution in [3.8, 4) is 0 Å². The Labute approximate surface area is 150 Å². The van der Waals surface area contributed by atoms with E-state index in [0.29, 0.717) is 45.0 Å². The van der Waals surface area contributed by atoms with Crippen molar-refractivity contribution in [2.75, 3.05) is 37.7 Å². The fourth-order valence-electron chi connectivity index (χ4n) is 2.60. The van der Waals surface area contributed by atoms with E-state index in [1.807, 2.05) is 22.4 Å². The lowest BCUT2D eigenvalue weighted by Gasteiger charge is -2.34.